The highest BCUT2D eigenvalue weighted by Gasteiger charge is 2.17. The molecule has 0 unspecified atom stereocenters. The van der Waals surface area contributed by atoms with Crippen molar-refractivity contribution in [3.8, 4) is 0 Å². The SMILES string of the molecule is CN1CCN(CCNC(=O)c2cccc(S(=O)(=O)NCc3cccs3)c2)CC1. The number of piperazine rings is 1. The molecule has 28 heavy (non-hydrogen) atoms. The Hall–Kier alpha value is -1.78. The van der Waals surface area contributed by atoms with Gasteiger partial charge in [0.1, 0.15) is 0 Å². The van der Waals surface area contributed by atoms with Crippen molar-refractivity contribution < 1.29 is 13.2 Å². The fourth-order valence-electron chi connectivity index (χ4n) is 2.97. The monoisotopic (exact) mass is 422 g/mol. The van der Waals surface area contributed by atoms with Crippen LogP contribution in [0.1, 0.15) is 15.2 Å². The van der Waals surface area contributed by atoms with Gasteiger partial charge in [-0.05, 0) is 36.7 Å². The van der Waals surface area contributed by atoms with Crippen molar-refractivity contribution in [1.29, 1.82) is 0 Å². The number of nitrogens with zero attached hydrogens (tertiary/aromatic N) is 2. The molecule has 0 spiro atoms. The van der Waals surface area contributed by atoms with Gasteiger partial charge in [-0.15, -0.1) is 11.3 Å². The van der Waals surface area contributed by atoms with Crippen LogP contribution in [0.2, 0.25) is 0 Å². The first-order valence-electron chi connectivity index (χ1n) is 9.25. The van der Waals surface area contributed by atoms with Crippen molar-refractivity contribution in [2.75, 3.05) is 46.3 Å². The summed E-state index contributed by atoms with van der Waals surface area (Å²) >= 11 is 1.49. The summed E-state index contributed by atoms with van der Waals surface area (Å²) in [5.74, 6) is -0.260. The van der Waals surface area contributed by atoms with Crippen LogP contribution in [0.3, 0.4) is 0 Å². The molecule has 1 fully saturated rings. The first kappa shape index (κ1) is 20.9. The summed E-state index contributed by atoms with van der Waals surface area (Å²) in [6.07, 6.45) is 0. The van der Waals surface area contributed by atoms with Gasteiger partial charge in [0.05, 0.1) is 4.90 Å². The Bertz CT molecular complexity index is 876. The zero-order valence-corrected chi connectivity index (χ0v) is 17.6. The van der Waals surface area contributed by atoms with Crippen molar-refractivity contribution >= 4 is 27.3 Å². The van der Waals surface area contributed by atoms with Crippen LogP contribution in [0.5, 0.6) is 0 Å². The van der Waals surface area contributed by atoms with Gasteiger partial charge < -0.3 is 10.2 Å². The summed E-state index contributed by atoms with van der Waals surface area (Å²) in [5, 5.41) is 4.78. The van der Waals surface area contributed by atoms with Gasteiger partial charge in [0, 0.05) is 56.3 Å². The van der Waals surface area contributed by atoms with Crippen LogP contribution in [0.15, 0.2) is 46.7 Å². The largest absolute Gasteiger partial charge is 0.351 e. The summed E-state index contributed by atoms with van der Waals surface area (Å²) in [7, 11) is -1.56. The molecule has 2 heterocycles. The number of carbonyl (C=O) groups excluding carboxylic acids is 1. The smallest absolute Gasteiger partial charge is 0.251 e. The van der Waals surface area contributed by atoms with E-state index in [1.165, 1.54) is 23.5 Å². The number of sulfonamides is 1. The van der Waals surface area contributed by atoms with Gasteiger partial charge >= 0.3 is 0 Å². The topological polar surface area (TPSA) is 81.8 Å². The minimum absolute atomic E-state index is 0.0933. The number of benzene rings is 1. The van der Waals surface area contributed by atoms with Crippen LogP contribution in [-0.4, -0.2) is 70.4 Å². The van der Waals surface area contributed by atoms with E-state index in [1.807, 2.05) is 17.5 Å². The van der Waals surface area contributed by atoms with E-state index in [4.69, 9.17) is 0 Å². The molecular weight excluding hydrogens is 396 g/mol. The molecular formula is C19H26N4O3S2. The molecule has 1 aromatic carbocycles. The second kappa shape index (κ2) is 9.62. The standard InChI is InChI=1S/C19H26N4O3S2/c1-22-9-11-23(12-10-22)8-7-20-19(24)16-4-2-6-18(14-16)28(25,26)21-15-17-5-3-13-27-17/h2-6,13-14,21H,7-12,15H2,1H3,(H,20,24). The summed E-state index contributed by atoms with van der Waals surface area (Å²) < 4.78 is 27.6. The molecule has 0 saturated carbocycles. The Balaban J connectivity index is 1.53. The summed E-state index contributed by atoms with van der Waals surface area (Å²) in [4.78, 5) is 18.0. The highest BCUT2D eigenvalue weighted by atomic mass is 32.2. The fraction of sp³-hybridized carbons (Fsp3) is 0.421. The zero-order chi connectivity index (χ0) is 20.0. The molecule has 0 aliphatic carbocycles. The third kappa shape index (κ3) is 5.86. The Morgan fingerprint density at radius 2 is 1.93 bits per heavy atom. The summed E-state index contributed by atoms with van der Waals surface area (Å²) in [6.45, 7) is 5.63. The number of carbonyl (C=O) groups is 1. The van der Waals surface area contributed by atoms with Crippen molar-refractivity contribution in [3.05, 3.63) is 52.2 Å². The van der Waals surface area contributed by atoms with Crippen LogP contribution in [0, 0.1) is 0 Å². The van der Waals surface area contributed by atoms with E-state index in [0.29, 0.717) is 12.1 Å². The highest BCUT2D eigenvalue weighted by Crippen LogP contribution is 2.14. The van der Waals surface area contributed by atoms with Crippen LogP contribution >= 0.6 is 11.3 Å². The maximum atomic E-state index is 12.5. The number of likely N-dealkylation sites (N-methyl/N-ethyl adjacent to an activating group) is 1. The van der Waals surface area contributed by atoms with E-state index in [-0.39, 0.29) is 17.3 Å². The molecule has 1 saturated heterocycles. The van der Waals surface area contributed by atoms with Crippen LogP contribution in [0.25, 0.3) is 0 Å². The first-order valence-corrected chi connectivity index (χ1v) is 11.6. The molecule has 0 radical (unpaired) electrons. The van der Waals surface area contributed by atoms with Crippen LogP contribution in [0.4, 0.5) is 0 Å². The van der Waals surface area contributed by atoms with E-state index in [0.717, 1.165) is 37.6 Å². The number of amides is 1. The van der Waals surface area contributed by atoms with Crippen LogP contribution in [-0.2, 0) is 16.6 Å². The maximum Gasteiger partial charge on any atom is 0.251 e. The molecule has 9 heteroatoms. The average Bonchev–Trinajstić information content (AvgIpc) is 3.22. The van der Waals surface area contributed by atoms with Gasteiger partial charge in [0.15, 0.2) is 0 Å². The second-order valence-corrected chi connectivity index (χ2v) is 9.63. The van der Waals surface area contributed by atoms with Crippen molar-refractivity contribution in [2.45, 2.75) is 11.4 Å². The Labute approximate surface area is 170 Å². The van der Waals surface area contributed by atoms with E-state index in [9.17, 15) is 13.2 Å². The Kier molecular flexibility index (Phi) is 7.19. The van der Waals surface area contributed by atoms with E-state index < -0.39 is 10.0 Å². The quantitative estimate of drug-likeness (QED) is 0.668. The van der Waals surface area contributed by atoms with Gasteiger partial charge in [-0.1, -0.05) is 12.1 Å². The summed E-state index contributed by atoms with van der Waals surface area (Å²) in [5.41, 5.74) is 0.345. The van der Waals surface area contributed by atoms with Gasteiger partial charge in [-0.2, -0.15) is 0 Å². The van der Waals surface area contributed by atoms with Gasteiger partial charge in [0.2, 0.25) is 10.0 Å². The van der Waals surface area contributed by atoms with E-state index >= 15 is 0 Å². The Morgan fingerprint density at radius 3 is 2.64 bits per heavy atom. The normalized spacial score (nSPS) is 16.2. The number of hydrogen-bond acceptors (Lipinski definition) is 6. The minimum atomic E-state index is -3.67. The van der Waals surface area contributed by atoms with Gasteiger partial charge in [0.25, 0.3) is 5.91 Å². The van der Waals surface area contributed by atoms with E-state index in [1.54, 1.807) is 12.1 Å². The molecule has 2 aromatic rings. The molecule has 1 aromatic heterocycles. The average molecular weight is 423 g/mol. The predicted octanol–water partition coefficient (Wildman–Crippen LogP) is 1.20. The van der Waals surface area contributed by atoms with Crippen molar-refractivity contribution in [2.24, 2.45) is 0 Å². The summed E-state index contributed by atoms with van der Waals surface area (Å²) in [6, 6.07) is 9.89. The lowest BCUT2D eigenvalue weighted by molar-refractivity contribution is 0.0941. The molecule has 3 rings (SSSR count). The van der Waals surface area contributed by atoms with Crippen molar-refractivity contribution in [1.82, 2.24) is 19.8 Å². The predicted molar refractivity (Wildman–Crippen MR) is 111 cm³/mol. The van der Waals surface area contributed by atoms with Crippen molar-refractivity contribution in [3.63, 3.8) is 0 Å². The highest BCUT2D eigenvalue weighted by molar-refractivity contribution is 7.89. The number of rotatable bonds is 8. The third-order valence-corrected chi connectivity index (χ3v) is 7.01. The molecule has 0 atom stereocenters. The van der Waals surface area contributed by atoms with E-state index in [2.05, 4.69) is 26.9 Å². The second-order valence-electron chi connectivity index (χ2n) is 6.83. The number of hydrogen-bond donors (Lipinski definition) is 2. The van der Waals surface area contributed by atoms with Crippen LogP contribution < -0.4 is 10.0 Å². The minimum Gasteiger partial charge on any atom is -0.351 e. The lowest BCUT2D eigenvalue weighted by Crippen LogP contribution is -2.46. The number of thiophene rings is 1. The molecule has 152 valence electrons. The third-order valence-electron chi connectivity index (χ3n) is 4.73. The molecule has 1 aliphatic heterocycles. The fourth-order valence-corrected chi connectivity index (χ4v) is 4.76. The molecule has 1 aliphatic rings. The molecule has 0 bridgehead atoms. The van der Waals surface area contributed by atoms with Gasteiger partial charge in [-0.25, -0.2) is 13.1 Å². The zero-order valence-electron chi connectivity index (χ0n) is 15.9. The maximum absolute atomic E-state index is 12.5. The lowest BCUT2D eigenvalue weighted by Gasteiger charge is -2.32. The first-order chi connectivity index (χ1) is 13.4. The molecule has 7 nitrogen and oxygen atoms in total. The van der Waals surface area contributed by atoms with Gasteiger partial charge in [-0.3, -0.25) is 9.69 Å². The molecule has 2 N–H and O–H groups in total. The molecule has 1 amide bonds. The number of nitrogens with one attached hydrogen (secondary N) is 2. The Morgan fingerprint density at radius 1 is 1.14 bits per heavy atom. The lowest BCUT2D eigenvalue weighted by atomic mass is 10.2.